The minimum absolute atomic E-state index is 0.654. The van der Waals surface area contributed by atoms with Crippen molar-refractivity contribution in [1.29, 1.82) is 0 Å². The van der Waals surface area contributed by atoms with Crippen molar-refractivity contribution < 1.29 is 0 Å². The van der Waals surface area contributed by atoms with E-state index in [0.29, 0.717) is 0 Å². The van der Waals surface area contributed by atoms with Gasteiger partial charge in [0.1, 0.15) is 5.69 Å². The average Bonchev–Trinajstić information content (AvgIpc) is 2.98. The van der Waals surface area contributed by atoms with Crippen LogP contribution in [0.5, 0.6) is 0 Å². The predicted molar refractivity (Wildman–Crippen MR) is 122 cm³/mol. The van der Waals surface area contributed by atoms with Crippen LogP contribution in [0.15, 0.2) is 30.3 Å². The van der Waals surface area contributed by atoms with E-state index in [1.54, 1.807) is 0 Å². The summed E-state index contributed by atoms with van der Waals surface area (Å²) in [6.07, 6.45) is 3.91. The lowest BCUT2D eigenvalue weighted by Gasteiger charge is -2.36. The first-order chi connectivity index (χ1) is 12.2. The lowest BCUT2D eigenvalue weighted by Crippen LogP contribution is -2.43. The number of aromatic nitrogens is 2. The first kappa shape index (κ1) is 19.8. The van der Waals surface area contributed by atoms with Crippen LogP contribution in [0.1, 0.15) is 24.2 Å². The van der Waals surface area contributed by atoms with E-state index >= 15 is 0 Å². The van der Waals surface area contributed by atoms with Crippen LogP contribution in [0.4, 0.5) is 5.82 Å². The summed E-state index contributed by atoms with van der Waals surface area (Å²) in [4.78, 5) is 3.24. The van der Waals surface area contributed by atoms with Gasteiger partial charge in [0.2, 0.25) is 0 Å². The molecule has 6 heteroatoms. The van der Waals surface area contributed by atoms with Crippen LogP contribution in [0.25, 0.3) is 11.3 Å². The summed E-state index contributed by atoms with van der Waals surface area (Å²) in [5, 5.41) is 0. The Balaban J connectivity index is 2.11. The first-order valence-electron chi connectivity index (χ1n) is 9.95. The summed E-state index contributed by atoms with van der Waals surface area (Å²) >= 11 is 0. The summed E-state index contributed by atoms with van der Waals surface area (Å²) < 4.78 is 10.7. The molecule has 1 aromatic carbocycles. The molecule has 1 aromatic heterocycles. The maximum atomic E-state index is 5.38. The molecule has 3 nitrogen and oxygen atoms in total. The fraction of sp³-hybridized carbons (Fsp3) is 0.600. The smallest absolute Gasteiger partial charge is 0.161 e. The molecule has 3 rings (SSSR count). The number of hydrogen-bond acceptors (Lipinski definition) is 3. The van der Waals surface area contributed by atoms with Gasteiger partial charge in [0, 0.05) is 23.6 Å². The number of hydrogen-bond donors (Lipinski definition) is 0. The molecule has 1 aliphatic rings. The molecule has 1 saturated heterocycles. The highest BCUT2D eigenvalue weighted by atomic mass is 31.1. The molecule has 1 unspecified atom stereocenters. The third-order valence-corrected chi connectivity index (χ3v) is 21.0. The van der Waals surface area contributed by atoms with Gasteiger partial charge in [-0.2, -0.15) is 4.75 Å². The van der Waals surface area contributed by atoms with Crippen molar-refractivity contribution in [1.82, 2.24) is 9.49 Å². The quantitative estimate of drug-likeness (QED) is 0.540. The van der Waals surface area contributed by atoms with Crippen LogP contribution in [-0.2, 0) is 0 Å². The van der Waals surface area contributed by atoms with Crippen molar-refractivity contribution in [3.8, 4) is 11.3 Å². The molecule has 1 aliphatic heterocycles. The Labute approximate surface area is 162 Å². The Morgan fingerprint density at radius 2 is 1.42 bits per heavy atom. The van der Waals surface area contributed by atoms with E-state index in [4.69, 9.17) is 9.49 Å². The van der Waals surface area contributed by atoms with Crippen molar-refractivity contribution in [3.63, 3.8) is 0 Å². The fourth-order valence-corrected chi connectivity index (χ4v) is 22.3. The van der Waals surface area contributed by atoms with E-state index in [0.717, 1.165) is 18.0 Å². The highest BCUT2D eigenvalue weighted by molar-refractivity contribution is 7.51. The zero-order valence-corrected chi connectivity index (χ0v) is 20.2. The molecule has 0 aliphatic carbocycles. The molecule has 0 bridgehead atoms. The van der Waals surface area contributed by atoms with E-state index < -0.39 is 24.0 Å². The standard InChI is InChI=1S/C20H34N3PSi2/c1-25(2,3)20(26(4,5)6)24-21-18(17-13-9-7-10-14-17)19(22-24)23-15-11-8-12-16-23/h7,9-10,13-14,20H,8,11-12,15-16H2,1-6H3. The van der Waals surface area contributed by atoms with Crippen LogP contribution in [0, 0.1) is 0 Å². The topological polar surface area (TPSA) is 29.0 Å². The molecule has 0 spiro atoms. The zero-order valence-electron chi connectivity index (χ0n) is 17.3. The number of anilines is 1. The molecular weight excluding hydrogens is 369 g/mol. The third kappa shape index (κ3) is 4.32. The molecule has 2 heterocycles. The fourth-order valence-electron chi connectivity index (χ4n) is 4.52. The molecule has 1 fully saturated rings. The van der Waals surface area contributed by atoms with E-state index in [1.165, 1.54) is 36.3 Å². The lowest BCUT2D eigenvalue weighted by atomic mass is 10.1. The Morgan fingerprint density at radius 1 is 0.846 bits per heavy atom. The average molecular weight is 404 g/mol. The van der Waals surface area contributed by atoms with Gasteiger partial charge in [0.25, 0.3) is 0 Å². The van der Waals surface area contributed by atoms with Gasteiger partial charge in [-0.1, -0.05) is 69.6 Å². The van der Waals surface area contributed by atoms with Gasteiger partial charge in [-0.15, -0.1) is 0 Å². The van der Waals surface area contributed by atoms with E-state index in [-0.39, 0.29) is 0 Å². The number of benzene rings is 1. The normalized spacial score (nSPS) is 17.0. The predicted octanol–water partition coefficient (Wildman–Crippen LogP) is 6.42. The van der Waals surface area contributed by atoms with Crippen LogP contribution < -0.4 is 4.90 Å². The van der Waals surface area contributed by atoms with Crippen molar-refractivity contribution in [2.45, 2.75) is 63.5 Å². The van der Waals surface area contributed by atoms with Gasteiger partial charge < -0.3 is 4.90 Å². The summed E-state index contributed by atoms with van der Waals surface area (Å²) in [7, 11) is -3.33. The molecule has 2 aromatic rings. The largest absolute Gasteiger partial charge is 0.355 e. The maximum absolute atomic E-state index is 5.38. The molecule has 142 valence electrons. The Bertz CT molecular complexity index is 712. The third-order valence-electron chi connectivity index (χ3n) is 5.19. The van der Waals surface area contributed by atoms with Gasteiger partial charge in [-0.05, 0) is 19.3 Å². The number of piperidine rings is 1. The molecule has 0 amide bonds. The summed E-state index contributed by atoms with van der Waals surface area (Å²) in [6.45, 7) is 17.4. The monoisotopic (exact) mass is 403 g/mol. The van der Waals surface area contributed by atoms with E-state index in [2.05, 4.69) is 74.5 Å². The first-order valence-corrected chi connectivity index (χ1v) is 18.4. The molecule has 0 N–H and O–H groups in total. The lowest BCUT2D eigenvalue weighted by molar-refractivity contribution is 0.575. The second-order valence-electron chi connectivity index (χ2n) is 9.74. The van der Waals surface area contributed by atoms with E-state index in [1.807, 2.05) is 0 Å². The highest BCUT2D eigenvalue weighted by Crippen LogP contribution is 2.50. The Hall–Kier alpha value is -0.906. The number of rotatable bonds is 5. The highest BCUT2D eigenvalue weighted by Gasteiger charge is 2.41. The Morgan fingerprint density at radius 3 is 1.96 bits per heavy atom. The van der Waals surface area contributed by atoms with Gasteiger partial charge in [-0.3, -0.25) is 0 Å². The maximum Gasteiger partial charge on any atom is 0.161 e. The summed E-state index contributed by atoms with van der Waals surface area (Å²) in [5.74, 6) is 1.20. The Kier molecular flexibility index (Phi) is 5.81. The van der Waals surface area contributed by atoms with Gasteiger partial charge >= 0.3 is 0 Å². The summed E-state index contributed by atoms with van der Waals surface area (Å²) in [6, 6.07) is 10.7. The van der Waals surface area contributed by atoms with Crippen molar-refractivity contribution in [3.05, 3.63) is 30.3 Å². The molecule has 1 atom stereocenters. The van der Waals surface area contributed by atoms with Crippen LogP contribution >= 0.6 is 7.85 Å². The van der Waals surface area contributed by atoms with Crippen LogP contribution in [-0.4, -0.2) is 38.7 Å². The zero-order chi connectivity index (χ0) is 18.9. The van der Waals surface area contributed by atoms with Crippen LogP contribution in [0.3, 0.4) is 0 Å². The summed E-state index contributed by atoms with van der Waals surface area (Å²) in [5.41, 5.74) is 2.41. The molecule has 0 radical (unpaired) electrons. The minimum atomic E-state index is -1.34. The van der Waals surface area contributed by atoms with Gasteiger partial charge in [0.05, 0.1) is 24.0 Å². The molecule has 26 heavy (non-hydrogen) atoms. The molecular formula is C20H34N3PSi2. The van der Waals surface area contributed by atoms with Crippen molar-refractivity contribution >= 4 is 29.8 Å². The second kappa shape index (κ2) is 7.61. The second-order valence-corrected chi connectivity index (χ2v) is 23.5. The minimum Gasteiger partial charge on any atom is -0.355 e. The van der Waals surface area contributed by atoms with Crippen molar-refractivity contribution in [2.24, 2.45) is 0 Å². The van der Waals surface area contributed by atoms with Crippen LogP contribution in [0.2, 0.25) is 39.3 Å². The molecule has 0 saturated carbocycles. The SMILES string of the molecule is C[Si](C)(C)C(p1nc(-c2ccccc2)c(N2CCCCC2)n1)[Si](C)(C)C. The van der Waals surface area contributed by atoms with Gasteiger partial charge in [-0.25, -0.2) is 4.75 Å². The van der Waals surface area contributed by atoms with Gasteiger partial charge in [0.15, 0.2) is 5.82 Å². The van der Waals surface area contributed by atoms with Crippen molar-refractivity contribution in [2.75, 3.05) is 18.0 Å². The number of nitrogens with zero attached hydrogens (tertiary/aromatic N) is 3. The van der Waals surface area contributed by atoms with E-state index in [9.17, 15) is 0 Å².